The fourth-order valence-electron chi connectivity index (χ4n) is 1.15. The summed E-state index contributed by atoms with van der Waals surface area (Å²) in [6.07, 6.45) is 2.11. The molecule has 11 heavy (non-hydrogen) atoms. The molecule has 0 fully saturated rings. The summed E-state index contributed by atoms with van der Waals surface area (Å²) in [6, 6.07) is -0.00829. The van der Waals surface area contributed by atoms with E-state index < -0.39 is 5.97 Å². The van der Waals surface area contributed by atoms with Gasteiger partial charge in [0.1, 0.15) is 0 Å². The number of nitrogens with two attached hydrogens (primary N) is 1. The molecule has 3 nitrogen and oxygen atoms in total. The van der Waals surface area contributed by atoms with Crippen LogP contribution in [0, 0.1) is 5.92 Å². The number of aliphatic carboxylic acids is 1. The highest BCUT2D eigenvalue weighted by Gasteiger charge is 2.15. The predicted octanol–water partition coefficient (Wildman–Crippen LogP) is 1.22. The van der Waals surface area contributed by atoms with E-state index in [4.69, 9.17) is 10.8 Å². The van der Waals surface area contributed by atoms with Crippen molar-refractivity contribution < 1.29 is 9.90 Å². The van der Waals surface area contributed by atoms with Crippen LogP contribution >= 0.6 is 0 Å². The van der Waals surface area contributed by atoms with Gasteiger partial charge in [0.15, 0.2) is 0 Å². The van der Waals surface area contributed by atoms with Crippen molar-refractivity contribution in [2.45, 2.75) is 39.2 Å². The molecule has 66 valence electrons. The fourth-order valence-corrected chi connectivity index (χ4v) is 1.15. The summed E-state index contributed by atoms with van der Waals surface area (Å²) >= 11 is 0. The van der Waals surface area contributed by atoms with Crippen LogP contribution in [0.3, 0.4) is 0 Å². The van der Waals surface area contributed by atoms with Crippen molar-refractivity contribution in [2.24, 2.45) is 11.7 Å². The third kappa shape index (κ3) is 4.79. The molecule has 0 saturated carbocycles. The standard InChI is InChI=1S/C8H17NO2/c1-3-4-7(6(2)9)5-8(10)11/h6-7H,3-5,9H2,1-2H3,(H,10,11). The molecule has 0 heterocycles. The molecule has 0 aromatic heterocycles. The van der Waals surface area contributed by atoms with Crippen molar-refractivity contribution in [1.29, 1.82) is 0 Å². The molecule has 0 aromatic carbocycles. The Bertz CT molecular complexity index is 123. The first-order valence-corrected chi connectivity index (χ1v) is 4.05. The molecule has 0 aliphatic carbocycles. The van der Waals surface area contributed by atoms with Gasteiger partial charge in [0.2, 0.25) is 0 Å². The SMILES string of the molecule is CCCC(CC(=O)O)C(C)N. The molecule has 2 unspecified atom stereocenters. The first kappa shape index (κ1) is 10.4. The van der Waals surface area contributed by atoms with E-state index in [0.717, 1.165) is 12.8 Å². The van der Waals surface area contributed by atoms with Gasteiger partial charge in [-0.25, -0.2) is 0 Å². The molecule has 3 heteroatoms. The van der Waals surface area contributed by atoms with E-state index in [1.54, 1.807) is 0 Å². The number of hydrogen-bond acceptors (Lipinski definition) is 2. The Labute approximate surface area is 67.6 Å². The molecule has 0 aromatic rings. The molecule has 2 atom stereocenters. The van der Waals surface area contributed by atoms with Crippen LogP contribution in [0.15, 0.2) is 0 Å². The zero-order valence-corrected chi connectivity index (χ0v) is 7.21. The lowest BCUT2D eigenvalue weighted by Gasteiger charge is -2.17. The van der Waals surface area contributed by atoms with Gasteiger partial charge in [0.25, 0.3) is 0 Å². The largest absolute Gasteiger partial charge is 0.481 e. The highest BCUT2D eigenvalue weighted by Crippen LogP contribution is 2.13. The smallest absolute Gasteiger partial charge is 0.303 e. The van der Waals surface area contributed by atoms with Crippen molar-refractivity contribution in [2.75, 3.05) is 0 Å². The molecule has 0 saturated heterocycles. The topological polar surface area (TPSA) is 63.3 Å². The van der Waals surface area contributed by atoms with Gasteiger partial charge in [-0.3, -0.25) is 4.79 Å². The summed E-state index contributed by atoms with van der Waals surface area (Å²) in [5.74, 6) is -0.613. The van der Waals surface area contributed by atoms with E-state index >= 15 is 0 Å². The number of carboxylic acids is 1. The van der Waals surface area contributed by atoms with Crippen LogP contribution in [-0.4, -0.2) is 17.1 Å². The first-order valence-electron chi connectivity index (χ1n) is 4.05. The monoisotopic (exact) mass is 159 g/mol. The number of carboxylic acid groups (broad SMARTS) is 1. The lowest BCUT2D eigenvalue weighted by atomic mass is 9.93. The summed E-state index contributed by atoms with van der Waals surface area (Å²) in [5, 5.41) is 8.50. The van der Waals surface area contributed by atoms with E-state index in [9.17, 15) is 4.79 Å². The normalized spacial score (nSPS) is 15.9. The maximum atomic E-state index is 10.3. The Morgan fingerprint density at radius 1 is 1.64 bits per heavy atom. The molecular formula is C8H17NO2. The molecule has 3 N–H and O–H groups in total. The average Bonchev–Trinajstić information content (AvgIpc) is 1.86. The van der Waals surface area contributed by atoms with E-state index in [-0.39, 0.29) is 18.4 Å². The third-order valence-corrected chi connectivity index (χ3v) is 1.84. The summed E-state index contributed by atoms with van der Waals surface area (Å²) in [4.78, 5) is 10.3. The molecule has 0 bridgehead atoms. The summed E-state index contributed by atoms with van der Waals surface area (Å²) in [6.45, 7) is 3.90. The van der Waals surface area contributed by atoms with Crippen LogP contribution in [0.5, 0.6) is 0 Å². The minimum absolute atomic E-state index is 0.00829. The Kier molecular flexibility index (Phi) is 4.86. The molecule has 0 aliphatic rings. The van der Waals surface area contributed by atoms with Gasteiger partial charge in [-0.15, -0.1) is 0 Å². The maximum absolute atomic E-state index is 10.3. The quantitative estimate of drug-likeness (QED) is 0.634. The van der Waals surface area contributed by atoms with Gasteiger partial charge < -0.3 is 10.8 Å². The van der Waals surface area contributed by atoms with E-state index in [0.29, 0.717) is 0 Å². The second-order valence-corrected chi connectivity index (χ2v) is 3.01. The lowest BCUT2D eigenvalue weighted by Crippen LogP contribution is -2.28. The average molecular weight is 159 g/mol. The molecule has 0 rings (SSSR count). The van der Waals surface area contributed by atoms with Crippen LogP contribution in [0.1, 0.15) is 33.1 Å². The highest BCUT2D eigenvalue weighted by molar-refractivity contribution is 5.67. The Morgan fingerprint density at radius 2 is 2.18 bits per heavy atom. The summed E-state index contributed by atoms with van der Waals surface area (Å²) in [7, 11) is 0. The van der Waals surface area contributed by atoms with Crippen LogP contribution in [0.4, 0.5) is 0 Å². The number of rotatable bonds is 5. The molecular weight excluding hydrogens is 142 g/mol. The molecule has 0 aliphatic heterocycles. The summed E-state index contributed by atoms with van der Waals surface area (Å²) < 4.78 is 0. The van der Waals surface area contributed by atoms with E-state index in [1.807, 2.05) is 13.8 Å². The predicted molar refractivity (Wildman–Crippen MR) is 44.3 cm³/mol. The third-order valence-electron chi connectivity index (χ3n) is 1.84. The second kappa shape index (κ2) is 5.13. The molecule has 0 radical (unpaired) electrons. The van der Waals surface area contributed by atoms with Gasteiger partial charge in [-0.1, -0.05) is 13.3 Å². The van der Waals surface area contributed by atoms with Crippen LogP contribution in [0.2, 0.25) is 0 Å². The highest BCUT2D eigenvalue weighted by atomic mass is 16.4. The van der Waals surface area contributed by atoms with Gasteiger partial charge in [0, 0.05) is 12.5 Å². The minimum Gasteiger partial charge on any atom is -0.481 e. The lowest BCUT2D eigenvalue weighted by molar-refractivity contribution is -0.138. The molecule has 0 spiro atoms. The number of hydrogen-bond donors (Lipinski definition) is 2. The van der Waals surface area contributed by atoms with Gasteiger partial charge in [0.05, 0.1) is 0 Å². The maximum Gasteiger partial charge on any atom is 0.303 e. The zero-order valence-electron chi connectivity index (χ0n) is 7.21. The Balaban J connectivity index is 3.79. The van der Waals surface area contributed by atoms with Gasteiger partial charge in [-0.2, -0.15) is 0 Å². The molecule has 0 amide bonds. The van der Waals surface area contributed by atoms with Gasteiger partial charge in [-0.05, 0) is 19.3 Å². The van der Waals surface area contributed by atoms with Crippen LogP contribution < -0.4 is 5.73 Å². The fraction of sp³-hybridized carbons (Fsp3) is 0.875. The van der Waals surface area contributed by atoms with Crippen LogP contribution in [0.25, 0.3) is 0 Å². The minimum atomic E-state index is -0.749. The zero-order chi connectivity index (χ0) is 8.85. The van der Waals surface area contributed by atoms with Crippen molar-refractivity contribution >= 4 is 5.97 Å². The van der Waals surface area contributed by atoms with E-state index in [1.165, 1.54) is 0 Å². The Morgan fingerprint density at radius 3 is 2.45 bits per heavy atom. The first-order chi connectivity index (χ1) is 5.07. The van der Waals surface area contributed by atoms with Crippen LogP contribution in [-0.2, 0) is 4.79 Å². The Hall–Kier alpha value is -0.570. The van der Waals surface area contributed by atoms with Crippen molar-refractivity contribution in [1.82, 2.24) is 0 Å². The second-order valence-electron chi connectivity index (χ2n) is 3.01. The van der Waals surface area contributed by atoms with E-state index in [2.05, 4.69) is 0 Å². The van der Waals surface area contributed by atoms with Gasteiger partial charge >= 0.3 is 5.97 Å². The summed E-state index contributed by atoms with van der Waals surface area (Å²) in [5.41, 5.74) is 5.61. The number of carbonyl (C=O) groups is 1. The van der Waals surface area contributed by atoms with Crippen molar-refractivity contribution in [3.05, 3.63) is 0 Å². The van der Waals surface area contributed by atoms with Crippen molar-refractivity contribution in [3.8, 4) is 0 Å². The van der Waals surface area contributed by atoms with Crippen molar-refractivity contribution in [3.63, 3.8) is 0 Å².